The number of nitrogens with zero attached hydrogens (tertiary/aromatic N) is 3. The number of oxime groups is 1. The van der Waals surface area contributed by atoms with Crippen molar-refractivity contribution in [3.63, 3.8) is 0 Å². The summed E-state index contributed by atoms with van der Waals surface area (Å²) < 4.78 is 12.6. The van der Waals surface area contributed by atoms with Gasteiger partial charge in [-0.1, -0.05) is 5.16 Å². The zero-order valence-corrected chi connectivity index (χ0v) is 10.9. The molecule has 18 heavy (non-hydrogen) atoms. The molecule has 0 aromatic carbocycles. The molecule has 1 aromatic rings. The first-order chi connectivity index (χ1) is 8.52. The molecule has 7 nitrogen and oxygen atoms in total. The van der Waals surface area contributed by atoms with Crippen LogP contribution in [0.1, 0.15) is 20.8 Å². The zero-order chi connectivity index (χ0) is 13.5. The normalized spacial score (nSPS) is 13.9. The van der Waals surface area contributed by atoms with Gasteiger partial charge in [-0.05, 0) is 20.8 Å². The molecule has 1 rings (SSSR count). The average Bonchev–Trinajstić information content (AvgIpc) is 2.74. The van der Waals surface area contributed by atoms with Gasteiger partial charge in [0.15, 0.2) is 11.6 Å². The summed E-state index contributed by atoms with van der Waals surface area (Å²) in [6.07, 6.45) is 3.17. The van der Waals surface area contributed by atoms with Crippen molar-refractivity contribution in [2.24, 2.45) is 10.9 Å². The van der Waals surface area contributed by atoms with E-state index in [1.807, 2.05) is 13.8 Å². The van der Waals surface area contributed by atoms with Crippen molar-refractivity contribution in [3.05, 3.63) is 12.4 Å². The molecule has 0 radical (unpaired) electrons. The second-order valence-electron chi connectivity index (χ2n) is 4.14. The molecular weight excluding hydrogens is 236 g/mol. The monoisotopic (exact) mass is 256 g/mol. The fourth-order valence-electron chi connectivity index (χ4n) is 1.29. The molecule has 0 aliphatic rings. The molecule has 1 unspecified atom stereocenters. The van der Waals surface area contributed by atoms with Crippen molar-refractivity contribution in [2.75, 3.05) is 6.61 Å². The lowest BCUT2D eigenvalue weighted by Crippen LogP contribution is -2.29. The number of nitrogens with two attached hydrogens (primary N) is 1. The van der Waals surface area contributed by atoms with Gasteiger partial charge >= 0.3 is 0 Å². The molecule has 0 aliphatic carbocycles. The summed E-state index contributed by atoms with van der Waals surface area (Å²) in [7, 11) is 0. The van der Waals surface area contributed by atoms with Crippen LogP contribution in [0.5, 0.6) is 5.75 Å². The third-order valence-corrected chi connectivity index (χ3v) is 2.20. The van der Waals surface area contributed by atoms with Crippen LogP contribution in [0.25, 0.3) is 0 Å². The van der Waals surface area contributed by atoms with E-state index < -0.39 is 6.10 Å². The Bertz CT molecular complexity index is 389. The van der Waals surface area contributed by atoms with E-state index in [1.54, 1.807) is 24.0 Å². The van der Waals surface area contributed by atoms with Gasteiger partial charge in [0, 0.05) is 0 Å². The van der Waals surface area contributed by atoms with Gasteiger partial charge in [-0.25, -0.2) is 0 Å². The van der Waals surface area contributed by atoms with Crippen LogP contribution in [0.3, 0.4) is 0 Å². The average molecular weight is 256 g/mol. The van der Waals surface area contributed by atoms with Crippen molar-refractivity contribution >= 4 is 5.84 Å². The largest absolute Gasteiger partial charge is 0.488 e. The molecule has 7 heteroatoms. The van der Waals surface area contributed by atoms with E-state index in [2.05, 4.69) is 10.3 Å². The smallest absolute Gasteiger partial charge is 0.168 e. The lowest BCUT2D eigenvalue weighted by molar-refractivity contribution is 0.0969. The minimum absolute atomic E-state index is 0.0549. The van der Waals surface area contributed by atoms with Gasteiger partial charge in [0.2, 0.25) is 0 Å². The molecule has 0 amide bonds. The molecule has 0 fully saturated rings. The summed E-state index contributed by atoms with van der Waals surface area (Å²) in [6.45, 7) is 6.62. The van der Waals surface area contributed by atoms with Gasteiger partial charge in [-0.3, -0.25) is 4.68 Å². The Labute approximate surface area is 106 Å². The van der Waals surface area contributed by atoms with E-state index in [1.165, 1.54) is 0 Å². The fourth-order valence-corrected chi connectivity index (χ4v) is 1.29. The molecule has 1 aromatic heterocycles. The third kappa shape index (κ3) is 4.62. The van der Waals surface area contributed by atoms with Crippen molar-refractivity contribution in [1.29, 1.82) is 0 Å². The molecule has 0 bridgehead atoms. The Morgan fingerprint density at radius 3 is 2.89 bits per heavy atom. The standard InChI is InChI=1S/C11H20N4O3/c1-8(2)18-10-6-13-15(7-10)4-5-17-9(3)11(12)14-16/h6-9,16H,4-5H2,1-3H3,(H2,12,14). The lowest BCUT2D eigenvalue weighted by Gasteiger charge is -2.11. The summed E-state index contributed by atoms with van der Waals surface area (Å²) in [6, 6.07) is 0. The number of ether oxygens (including phenoxy) is 2. The minimum Gasteiger partial charge on any atom is -0.488 e. The maximum absolute atomic E-state index is 8.46. The molecular formula is C11H20N4O3. The first-order valence-electron chi connectivity index (χ1n) is 5.81. The predicted molar refractivity (Wildman–Crippen MR) is 66.8 cm³/mol. The van der Waals surface area contributed by atoms with E-state index in [-0.39, 0.29) is 11.9 Å². The molecule has 0 spiro atoms. The molecule has 0 saturated heterocycles. The highest BCUT2D eigenvalue weighted by Crippen LogP contribution is 2.10. The van der Waals surface area contributed by atoms with Crippen LogP contribution in [-0.2, 0) is 11.3 Å². The summed E-state index contributed by atoms with van der Waals surface area (Å²) in [4.78, 5) is 0. The minimum atomic E-state index is -0.419. The molecule has 1 atom stereocenters. The Hall–Kier alpha value is -1.76. The van der Waals surface area contributed by atoms with Crippen molar-refractivity contribution in [2.45, 2.75) is 39.5 Å². The van der Waals surface area contributed by atoms with Gasteiger partial charge < -0.3 is 20.4 Å². The van der Waals surface area contributed by atoms with Gasteiger partial charge in [0.1, 0.15) is 6.10 Å². The van der Waals surface area contributed by atoms with E-state index in [4.69, 9.17) is 20.4 Å². The summed E-state index contributed by atoms with van der Waals surface area (Å²) >= 11 is 0. The van der Waals surface area contributed by atoms with Gasteiger partial charge in [0.25, 0.3) is 0 Å². The lowest BCUT2D eigenvalue weighted by atomic mass is 10.4. The molecule has 3 N–H and O–H groups in total. The van der Waals surface area contributed by atoms with Crippen molar-refractivity contribution < 1.29 is 14.7 Å². The van der Waals surface area contributed by atoms with Crippen LogP contribution in [-0.4, -0.2) is 39.6 Å². The van der Waals surface area contributed by atoms with Crippen LogP contribution in [0.4, 0.5) is 0 Å². The summed E-state index contributed by atoms with van der Waals surface area (Å²) in [5.41, 5.74) is 5.39. The summed E-state index contributed by atoms with van der Waals surface area (Å²) in [5, 5.41) is 15.5. The van der Waals surface area contributed by atoms with Crippen LogP contribution < -0.4 is 10.5 Å². The molecule has 1 heterocycles. The van der Waals surface area contributed by atoms with E-state index >= 15 is 0 Å². The highest BCUT2D eigenvalue weighted by Gasteiger charge is 2.07. The Kier molecular flexibility index (Phi) is 5.44. The quantitative estimate of drug-likeness (QED) is 0.326. The first kappa shape index (κ1) is 14.3. The van der Waals surface area contributed by atoms with E-state index in [0.29, 0.717) is 13.2 Å². The van der Waals surface area contributed by atoms with Gasteiger partial charge in [0.05, 0.1) is 31.6 Å². The summed E-state index contributed by atoms with van der Waals surface area (Å²) in [5.74, 6) is 0.786. The molecule has 0 saturated carbocycles. The third-order valence-electron chi connectivity index (χ3n) is 2.20. The highest BCUT2D eigenvalue weighted by atomic mass is 16.5. The topological polar surface area (TPSA) is 94.9 Å². The molecule has 102 valence electrons. The zero-order valence-electron chi connectivity index (χ0n) is 10.9. The van der Waals surface area contributed by atoms with Crippen LogP contribution >= 0.6 is 0 Å². The Balaban J connectivity index is 2.33. The maximum Gasteiger partial charge on any atom is 0.168 e. The predicted octanol–water partition coefficient (Wildman–Crippen LogP) is 0.822. The number of rotatable bonds is 7. The second-order valence-corrected chi connectivity index (χ2v) is 4.14. The Morgan fingerprint density at radius 2 is 2.28 bits per heavy atom. The van der Waals surface area contributed by atoms with Crippen LogP contribution in [0.2, 0.25) is 0 Å². The van der Waals surface area contributed by atoms with Crippen LogP contribution in [0, 0.1) is 0 Å². The van der Waals surface area contributed by atoms with E-state index in [0.717, 1.165) is 5.75 Å². The molecule has 0 aliphatic heterocycles. The van der Waals surface area contributed by atoms with Crippen molar-refractivity contribution in [1.82, 2.24) is 9.78 Å². The van der Waals surface area contributed by atoms with Gasteiger partial charge in [-0.2, -0.15) is 5.10 Å². The number of hydrogen-bond donors (Lipinski definition) is 2. The highest BCUT2D eigenvalue weighted by molar-refractivity contribution is 5.83. The van der Waals surface area contributed by atoms with E-state index in [9.17, 15) is 0 Å². The number of amidine groups is 1. The van der Waals surface area contributed by atoms with Crippen LogP contribution in [0.15, 0.2) is 17.5 Å². The first-order valence-corrected chi connectivity index (χ1v) is 5.81. The fraction of sp³-hybridized carbons (Fsp3) is 0.636. The maximum atomic E-state index is 8.46. The SMILES string of the molecule is CC(C)Oc1cnn(CCOC(C)C(N)=NO)c1. The number of aromatic nitrogens is 2. The van der Waals surface area contributed by atoms with Gasteiger partial charge in [-0.15, -0.1) is 0 Å². The Morgan fingerprint density at radius 1 is 1.56 bits per heavy atom. The number of hydrogen-bond acceptors (Lipinski definition) is 5. The van der Waals surface area contributed by atoms with Crippen molar-refractivity contribution in [3.8, 4) is 5.75 Å². The second kappa shape index (κ2) is 6.85.